The summed E-state index contributed by atoms with van der Waals surface area (Å²) in [6.07, 6.45) is -4.83. The van der Waals surface area contributed by atoms with Crippen molar-refractivity contribution in [2.75, 3.05) is 33.0 Å². The molecule has 0 fully saturated rings. The number of nitrogens with zero attached hydrogens (tertiary/aromatic N) is 2. The Morgan fingerprint density at radius 2 is 2.00 bits per heavy atom. The molecule has 0 unspecified atom stereocenters. The summed E-state index contributed by atoms with van der Waals surface area (Å²) in [5.41, 5.74) is 2.20. The maximum atomic E-state index is 12.9. The van der Waals surface area contributed by atoms with Gasteiger partial charge in [0.1, 0.15) is 23.6 Å². The highest BCUT2D eigenvalue weighted by Gasteiger charge is 2.39. The summed E-state index contributed by atoms with van der Waals surface area (Å²) >= 11 is 0. The molecule has 0 atom stereocenters. The second-order valence-corrected chi connectivity index (χ2v) is 4.28. The minimum Gasteiger partial charge on any atom is -0.492 e. The van der Waals surface area contributed by atoms with Crippen LogP contribution in [0, 0.1) is 10.1 Å². The number of rotatable bonds is 5. The van der Waals surface area contributed by atoms with Gasteiger partial charge in [-0.3, -0.25) is 10.1 Å². The monoisotopic (exact) mass is 293 g/mol. The summed E-state index contributed by atoms with van der Waals surface area (Å²) < 4.78 is 43.9. The molecule has 2 N–H and O–H groups in total. The second kappa shape index (κ2) is 5.95. The number of likely N-dealkylation sites (N-methyl/N-ethyl adjacent to an activating group) is 1. The number of anilines is 1. The molecule has 20 heavy (non-hydrogen) atoms. The number of nitro groups is 1. The van der Waals surface area contributed by atoms with Crippen molar-refractivity contribution in [2.45, 2.75) is 6.18 Å². The zero-order chi connectivity index (χ0) is 15.5. The van der Waals surface area contributed by atoms with Crippen LogP contribution in [0.2, 0.25) is 0 Å². The predicted molar refractivity (Wildman–Crippen MR) is 66.6 cm³/mol. The van der Waals surface area contributed by atoms with Gasteiger partial charge in [0.2, 0.25) is 0 Å². The van der Waals surface area contributed by atoms with E-state index in [0.29, 0.717) is 6.54 Å². The van der Waals surface area contributed by atoms with Crippen LogP contribution < -0.4 is 10.5 Å². The van der Waals surface area contributed by atoms with E-state index in [1.54, 1.807) is 19.0 Å². The first-order valence-corrected chi connectivity index (χ1v) is 5.56. The highest BCUT2D eigenvalue weighted by Crippen LogP contribution is 2.43. The van der Waals surface area contributed by atoms with E-state index < -0.39 is 33.8 Å². The van der Waals surface area contributed by atoms with Crippen LogP contribution in [0.15, 0.2) is 12.1 Å². The topological polar surface area (TPSA) is 81.6 Å². The molecule has 0 aliphatic carbocycles. The van der Waals surface area contributed by atoms with Gasteiger partial charge in [0.15, 0.2) is 0 Å². The first-order chi connectivity index (χ1) is 9.14. The van der Waals surface area contributed by atoms with E-state index in [4.69, 9.17) is 10.5 Å². The van der Waals surface area contributed by atoms with Crippen molar-refractivity contribution >= 4 is 11.4 Å². The number of benzene rings is 1. The first kappa shape index (κ1) is 16.0. The fraction of sp³-hybridized carbons (Fsp3) is 0.455. The van der Waals surface area contributed by atoms with Crippen molar-refractivity contribution in [1.29, 1.82) is 0 Å². The Kier molecular flexibility index (Phi) is 4.77. The van der Waals surface area contributed by atoms with Gasteiger partial charge in [-0.05, 0) is 20.2 Å². The Balaban J connectivity index is 3.18. The lowest BCUT2D eigenvalue weighted by atomic mass is 10.1. The Bertz CT molecular complexity index is 504. The van der Waals surface area contributed by atoms with E-state index in [1.807, 2.05) is 0 Å². The molecule has 0 radical (unpaired) electrons. The molecule has 9 heteroatoms. The first-order valence-electron chi connectivity index (χ1n) is 5.56. The highest BCUT2D eigenvalue weighted by atomic mass is 19.4. The standard InChI is InChI=1S/C11H14F3N3O3/c1-16(2)5-6-20-8-4-3-7(17(18)19)10(15)9(8)11(12,13)14/h3-4H,5-6,15H2,1-2H3. The molecule has 1 aromatic rings. The molecule has 6 nitrogen and oxygen atoms in total. The molecule has 1 rings (SSSR count). The van der Waals surface area contributed by atoms with Crippen LogP contribution in [0.5, 0.6) is 5.75 Å². The summed E-state index contributed by atoms with van der Waals surface area (Å²) in [4.78, 5) is 11.4. The predicted octanol–water partition coefficient (Wildman–Crippen LogP) is 2.14. The molecule has 0 saturated heterocycles. The van der Waals surface area contributed by atoms with Gasteiger partial charge in [0.05, 0.1) is 4.92 Å². The van der Waals surface area contributed by atoms with Crippen molar-refractivity contribution in [3.05, 3.63) is 27.8 Å². The zero-order valence-corrected chi connectivity index (χ0v) is 10.9. The van der Waals surface area contributed by atoms with Crippen molar-refractivity contribution in [2.24, 2.45) is 0 Å². The van der Waals surface area contributed by atoms with Crippen LogP contribution in [-0.2, 0) is 6.18 Å². The maximum absolute atomic E-state index is 12.9. The summed E-state index contributed by atoms with van der Waals surface area (Å²) in [6.45, 7) is 0.404. The SMILES string of the molecule is CN(C)CCOc1ccc([N+](=O)[O-])c(N)c1C(F)(F)F. The lowest BCUT2D eigenvalue weighted by Gasteiger charge is -2.17. The Labute approximate surface area is 113 Å². The highest BCUT2D eigenvalue weighted by molar-refractivity contribution is 5.68. The smallest absolute Gasteiger partial charge is 0.422 e. The van der Waals surface area contributed by atoms with Crippen LogP contribution in [0.3, 0.4) is 0 Å². The van der Waals surface area contributed by atoms with E-state index in [-0.39, 0.29) is 6.61 Å². The van der Waals surface area contributed by atoms with Crippen LogP contribution >= 0.6 is 0 Å². The third-order valence-corrected chi connectivity index (χ3v) is 2.46. The molecule has 0 saturated carbocycles. The third kappa shape index (κ3) is 3.73. The molecule has 0 bridgehead atoms. The van der Waals surface area contributed by atoms with Gasteiger partial charge in [-0.2, -0.15) is 13.2 Å². The van der Waals surface area contributed by atoms with Crippen LogP contribution in [-0.4, -0.2) is 37.1 Å². The largest absolute Gasteiger partial charge is 0.492 e. The molecule has 0 amide bonds. The van der Waals surface area contributed by atoms with Gasteiger partial charge in [-0.1, -0.05) is 0 Å². The molecular weight excluding hydrogens is 279 g/mol. The number of halogens is 3. The van der Waals surface area contributed by atoms with Gasteiger partial charge < -0.3 is 15.4 Å². The molecular formula is C11H14F3N3O3. The maximum Gasteiger partial charge on any atom is 0.422 e. The van der Waals surface area contributed by atoms with Crippen molar-refractivity contribution in [3.63, 3.8) is 0 Å². The number of nitrogen functional groups attached to an aromatic ring is 1. The number of hydrogen-bond donors (Lipinski definition) is 1. The van der Waals surface area contributed by atoms with Crippen molar-refractivity contribution < 1.29 is 22.8 Å². The van der Waals surface area contributed by atoms with Crippen LogP contribution in [0.1, 0.15) is 5.56 Å². The van der Waals surface area contributed by atoms with E-state index in [0.717, 1.165) is 12.1 Å². The second-order valence-electron chi connectivity index (χ2n) is 4.28. The van der Waals surface area contributed by atoms with E-state index in [9.17, 15) is 23.3 Å². The van der Waals surface area contributed by atoms with E-state index in [2.05, 4.69) is 0 Å². The molecule has 1 aromatic carbocycles. The zero-order valence-electron chi connectivity index (χ0n) is 10.9. The average Bonchev–Trinajstić information content (AvgIpc) is 2.26. The molecule has 0 aliphatic rings. The van der Waals surface area contributed by atoms with Gasteiger partial charge in [-0.15, -0.1) is 0 Å². The van der Waals surface area contributed by atoms with Crippen molar-refractivity contribution in [1.82, 2.24) is 4.90 Å². The number of ether oxygens (including phenoxy) is 1. The number of nitrogens with two attached hydrogens (primary N) is 1. The minimum absolute atomic E-state index is 0.00727. The average molecular weight is 293 g/mol. The summed E-state index contributed by atoms with van der Waals surface area (Å²) in [7, 11) is 3.47. The van der Waals surface area contributed by atoms with Crippen molar-refractivity contribution in [3.8, 4) is 5.75 Å². The molecule has 0 spiro atoms. The summed E-state index contributed by atoms with van der Waals surface area (Å²) in [5.74, 6) is -0.512. The molecule has 0 aromatic heterocycles. The Morgan fingerprint density at radius 1 is 1.40 bits per heavy atom. The Morgan fingerprint density at radius 3 is 2.45 bits per heavy atom. The summed E-state index contributed by atoms with van der Waals surface area (Å²) in [6, 6.07) is 1.81. The molecule has 0 heterocycles. The fourth-order valence-corrected chi connectivity index (χ4v) is 1.50. The van der Waals surface area contributed by atoms with Crippen LogP contribution in [0.4, 0.5) is 24.5 Å². The molecule has 112 valence electrons. The minimum atomic E-state index is -4.83. The van der Waals surface area contributed by atoms with E-state index >= 15 is 0 Å². The quantitative estimate of drug-likeness (QED) is 0.511. The van der Waals surface area contributed by atoms with E-state index in [1.165, 1.54) is 0 Å². The van der Waals surface area contributed by atoms with Crippen LogP contribution in [0.25, 0.3) is 0 Å². The van der Waals surface area contributed by atoms with Gasteiger partial charge in [-0.25, -0.2) is 0 Å². The number of alkyl halides is 3. The molecule has 0 aliphatic heterocycles. The number of nitro benzene ring substituents is 1. The van der Waals surface area contributed by atoms with Gasteiger partial charge in [0.25, 0.3) is 5.69 Å². The number of hydrogen-bond acceptors (Lipinski definition) is 5. The van der Waals surface area contributed by atoms with Gasteiger partial charge in [0, 0.05) is 12.6 Å². The Hall–Kier alpha value is -2.03. The lowest BCUT2D eigenvalue weighted by molar-refractivity contribution is -0.384. The lowest BCUT2D eigenvalue weighted by Crippen LogP contribution is -2.21. The fourth-order valence-electron chi connectivity index (χ4n) is 1.50. The normalized spacial score (nSPS) is 11.7. The third-order valence-electron chi connectivity index (χ3n) is 2.46. The van der Waals surface area contributed by atoms with Gasteiger partial charge >= 0.3 is 6.18 Å². The summed E-state index contributed by atoms with van der Waals surface area (Å²) in [5, 5.41) is 10.6.